The molecule has 0 radical (unpaired) electrons. The van der Waals surface area contributed by atoms with Gasteiger partial charge in [-0.05, 0) is 43.2 Å². The first-order valence-corrected chi connectivity index (χ1v) is 11.2. The van der Waals surface area contributed by atoms with E-state index in [9.17, 15) is 19.7 Å². The van der Waals surface area contributed by atoms with E-state index in [2.05, 4.69) is 4.99 Å². The monoisotopic (exact) mass is 483 g/mol. The molecule has 0 fully saturated rings. The lowest BCUT2D eigenvalue weighted by Gasteiger charge is -2.24. The number of thiazole rings is 1. The summed E-state index contributed by atoms with van der Waals surface area (Å²) in [7, 11) is 0. The average Bonchev–Trinajstić information content (AvgIpc) is 3.07. The van der Waals surface area contributed by atoms with Gasteiger partial charge >= 0.3 is 5.97 Å². The third-order valence-electron chi connectivity index (χ3n) is 5.06. The van der Waals surface area contributed by atoms with E-state index in [0.29, 0.717) is 25.6 Å². The van der Waals surface area contributed by atoms with Crippen molar-refractivity contribution < 1.29 is 14.5 Å². The summed E-state index contributed by atoms with van der Waals surface area (Å²) in [6.45, 7) is 3.47. The smallest absolute Gasteiger partial charge is 0.338 e. The summed E-state index contributed by atoms with van der Waals surface area (Å²) < 4.78 is 7.01. The first-order valence-electron chi connectivity index (χ1n) is 9.99. The van der Waals surface area contributed by atoms with E-state index >= 15 is 0 Å². The fourth-order valence-electron chi connectivity index (χ4n) is 3.66. The number of aromatic nitrogens is 1. The van der Waals surface area contributed by atoms with Crippen LogP contribution in [0.2, 0.25) is 5.02 Å². The number of esters is 1. The summed E-state index contributed by atoms with van der Waals surface area (Å²) in [5.41, 5.74) is 1.19. The molecule has 10 heteroatoms. The molecule has 8 nitrogen and oxygen atoms in total. The number of ether oxygens (including phenoxy) is 1. The third kappa shape index (κ3) is 4.37. The molecule has 33 heavy (non-hydrogen) atoms. The second-order valence-electron chi connectivity index (χ2n) is 7.21. The van der Waals surface area contributed by atoms with Gasteiger partial charge in [0.2, 0.25) is 0 Å². The number of nitrogens with zero attached hydrogens (tertiary/aromatic N) is 3. The first kappa shape index (κ1) is 22.6. The summed E-state index contributed by atoms with van der Waals surface area (Å²) in [5.74, 6) is -0.626. The van der Waals surface area contributed by atoms with Crippen LogP contribution in [0.3, 0.4) is 0 Å². The van der Waals surface area contributed by atoms with Gasteiger partial charge in [0.1, 0.15) is 0 Å². The normalized spacial score (nSPS) is 15.7. The molecule has 0 N–H and O–H groups in total. The molecule has 0 saturated heterocycles. The van der Waals surface area contributed by atoms with Gasteiger partial charge in [0.25, 0.3) is 11.2 Å². The van der Waals surface area contributed by atoms with E-state index in [4.69, 9.17) is 16.3 Å². The Morgan fingerprint density at radius 1 is 1.30 bits per heavy atom. The highest BCUT2D eigenvalue weighted by atomic mass is 35.5. The van der Waals surface area contributed by atoms with Crippen LogP contribution in [0.15, 0.2) is 69.6 Å². The van der Waals surface area contributed by atoms with E-state index in [1.165, 1.54) is 34.1 Å². The molecule has 0 bridgehead atoms. The number of nitro benzene ring substituents is 1. The molecule has 3 aromatic rings. The molecule has 2 aromatic carbocycles. The minimum Gasteiger partial charge on any atom is -0.463 e. The molecule has 1 aliphatic heterocycles. The Morgan fingerprint density at radius 2 is 2.06 bits per heavy atom. The van der Waals surface area contributed by atoms with E-state index in [0.717, 1.165) is 5.56 Å². The van der Waals surface area contributed by atoms with E-state index in [-0.39, 0.29) is 23.4 Å². The number of benzene rings is 2. The van der Waals surface area contributed by atoms with Gasteiger partial charge in [-0.25, -0.2) is 9.79 Å². The zero-order valence-corrected chi connectivity index (χ0v) is 19.2. The van der Waals surface area contributed by atoms with Crippen molar-refractivity contribution in [2.24, 2.45) is 4.99 Å². The highest BCUT2D eigenvalue weighted by Crippen LogP contribution is 2.32. The number of carbonyl (C=O) groups excluding carboxylic acids is 1. The standard InChI is InChI=1S/C23H18ClN3O5S/c1-3-32-22(29)19-13(2)25-23-26(20(19)15-7-5-9-17(12-15)27(30)31)21(28)18(33-23)11-14-6-4-8-16(24)10-14/h4-12,20H,3H2,1-2H3/b18-11+/t20-/m1/s1. The van der Waals surface area contributed by atoms with Crippen molar-refractivity contribution >= 4 is 40.7 Å². The van der Waals surface area contributed by atoms with Crippen LogP contribution in [0.5, 0.6) is 0 Å². The van der Waals surface area contributed by atoms with Crippen LogP contribution in [-0.2, 0) is 9.53 Å². The predicted octanol–water partition coefficient (Wildman–Crippen LogP) is 3.36. The number of fused-ring (bicyclic) bond motifs is 1. The summed E-state index contributed by atoms with van der Waals surface area (Å²) in [5, 5.41) is 11.9. The zero-order valence-electron chi connectivity index (χ0n) is 17.6. The largest absolute Gasteiger partial charge is 0.463 e. The maximum Gasteiger partial charge on any atom is 0.338 e. The number of hydrogen-bond acceptors (Lipinski definition) is 7. The Kier molecular flexibility index (Phi) is 6.26. The molecule has 1 aromatic heterocycles. The number of hydrogen-bond donors (Lipinski definition) is 0. The van der Waals surface area contributed by atoms with Gasteiger partial charge in [-0.1, -0.05) is 47.2 Å². The van der Waals surface area contributed by atoms with Gasteiger partial charge in [0.05, 0.1) is 33.4 Å². The Labute approximate surface area is 196 Å². The first-order chi connectivity index (χ1) is 15.8. The van der Waals surface area contributed by atoms with Gasteiger partial charge in [-0.3, -0.25) is 19.5 Å². The highest BCUT2D eigenvalue weighted by molar-refractivity contribution is 7.07. The Morgan fingerprint density at radius 3 is 2.76 bits per heavy atom. The van der Waals surface area contributed by atoms with Crippen LogP contribution in [-0.4, -0.2) is 22.1 Å². The second kappa shape index (κ2) is 9.13. The van der Waals surface area contributed by atoms with Gasteiger partial charge in [0, 0.05) is 17.2 Å². The molecule has 1 aliphatic rings. The SMILES string of the molecule is CCOC(=O)C1=C(C)N=c2s/c(=C/c3cccc(Cl)c3)c(=O)n2[C@@H]1c1cccc([N+](=O)[O-])c1. The summed E-state index contributed by atoms with van der Waals surface area (Å²) in [6.07, 6.45) is 1.70. The molecule has 168 valence electrons. The number of allylic oxidation sites excluding steroid dienone is 1. The lowest BCUT2D eigenvalue weighted by molar-refractivity contribution is -0.384. The van der Waals surface area contributed by atoms with Crippen LogP contribution in [0.25, 0.3) is 6.08 Å². The van der Waals surface area contributed by atoms with Crippen molar-refractivity contribution in [3.8, 4) is 0 Å². The van der Waals surface area contributed by atoms with Crippen LogP contribution in [0.4, 0.5) is 5.69 Å². The van der Waals surface area contributed by atoms with Crippen LogP contribution in [0, 0.1) is 10.1 Å². The number of non-ortho nitro benzene ring substituents is 1. The molecule has 4 rings (SSSR count). The molecular weight excluding hydrogens is 466 g/mol. The lowest BCUT2D eigenvalue weighted by atomic mass is 9.95. The summed E-state index contributed by atoms with van der Waals surface area (Å²) in [6, 6.07) is 12.0. The molecule has 0 spiro atoms. The summed E-state index contributed by atoms with van der Waals surface area (Å²) >= 11 is 7.23. The number of carbonyl (C=O) groups is 1. The minimum absolute atomic E-state index is 0.135. The Hall–Kier alpha value is -3.56. The van der Waals surface area contributed by atoms with Crippen molar-refractivity contribution in [2.45, 2.75) is 19.9 Å². The van der Waals surface area contributed by atoms with Crippen molar-refractivity contribution in [3.63, 3.8) is 0 Å². The molecule has 1 atom stereocenters. The summed E-state index contributed by atoms with van der Waals surface area (Å²) in [4.78, 5) is 42.1. The van der Waals surface area contributed by atoms with Gasteiger partial charge < -0.3 is 4.74 Å². The average molecular weight is 484 g/mol. The topological polar surface area (TPSA) is 104 Å². The molecule has 2 heterocycles. The van der Waals surface area contributed by atoms with Crippen molar-refractivity contribution in [3.05, 3.63) is 106 Å². The highest BCUT2D eigenvalue weighted by Gasteiger charge is 2.34. The van der Waals surface area contributed by atoms with E-state index < -0.39 is 16.9 Å². The zero-order chi connectivity index (χ0) is 23.7. The van der Waals surface area contributed by atoms with E-state index in [1.54, 1.807) is 44.2 Å². The second-order valence-corrected chi connectivity index (χ2v) is 8.65. The van der Waals surface area contributed by atoms with Crippen molar-refractivity contribution in [1.82, 2.24) is 4.57 Å². The minimum atomic E-state index is -0.915. The van der Waals surface area contributed by atoms with E-state index in [1.807, 2.05) is 6.07 Å². The fourth-order valence-corrected chi connectivity index (χ4v) is 4.91. The lowest BCUT2D eigenvalue weighted by Crippen LogP contribution is -2.40. The maximum atomic E-state index is 13.5. The fraction of sp³-hybridized carbons (Fsp3) is 0.174. The molecule has 0 saturated carbocycles. The van der Waals surface area contributed by atoms with Gasteiger partial charge in [-0.2, -0.15) is 0 Å². The maximum absolute atomic E-state index is 13.5. The van der Waals surface area contributed by atoms with Crippen LogP contribution >= 0.6 is 22.9 Å². The molecule has 0 amide bonds. The van der Waals surface area contributed by atoms with Crippen molar-refractivity contribution in [1.29, 1.82) is 0 Å². The molecular formula is C23H18ClN3O5S. The van der Waals surface area contributed by atoms with Gasteiger partial charge in [0.15, 0.2) is 4.80 Å². The van der Waals surface area contributed by atoms with Crippen LogP contribution in [0.1, 0.15) is 31.0 Å². The quantitative estimate of drug-likeness (QED) is 0.314. The third-order valence-corrected chi connectivity index (χ3v) is 6.28. The molecule has 0 aliphatic carbocycles. The number of nitro groups is 1. The Bertz CT molecular complexity index is 1490. The number of halogens is 1. The molecule has 0 unspecified atom stereocenters. The van der Waals surface area contributed by atoms with Crippen molar-refractivity contribution in [2.75, 3.05) is 6.61 Å². The van der Waals surface area contributed by atoms with Crippen LogP contribution < -0.4 is 14.9 Å². The predicted molar refractivity (Wildman–Crippen MR) is 125 cm³/mol. The Balaban J connectivity index is 1.98. The van der Waals surface area contributed by atoms with Gasteiger partial charge in [-0.15, -0.1) is 0 Å². The number of rotatable bonds is 5.